The molecular formula is C14H18N2S. The molecular weight excluding hydrogens is 228 g/mol. The Morgan fingerprint density at radius 3 is 2.94 bits per heavy atom. The van der Waals surface area contributed by atoms with Gasteiger partial charge in [0.05, 0.1) is 11.0 Å². The second-order valence-corrected chi connectivity index (χ2v) is 5.76. The van der Waals surface area contributed by atoms with Crippen LogP contribution in [-0.4, -0.2) is 9.55 Å². The van der Waals surface area contributed by atoms with E-state index in [1.807, 2.05) is 0 Å². The summed E-state index contributed by atoms with van der Waals surface area (Å²) >= 11 is 5.43. The Bertz CT molecular complexity index is 604. The van der Waals surface area contributed by atoms with E-state index in [9.17, 15) is 0 Å². The molecule has 1 unspecified atom stereocenters. The first-order valence-corrected chi connectivity index (χ1v) is 6.75. The molecule has 90 valence electrons. The van der Waals surface area contributed by atoms with Crippen molar-refractivity contribution in [3.63, 3.8) is 0 Å². The fraction of sp³-hybridized carbons (Fsp3) is 0.500. The Balaban J connectivity index is 2.02. The van der Waals surface area contributed by atoms with Gasteiger partial charge in [-0.3, -0.25) is 0 Å². The van der Waals surface area contributed by atoms with Crippen molar-refractivity contribution in [1.29, 1.82) is 0 Å². The van der Waals surface area contributed by atoms with E-state index in [1.165, 1.54) is 23.9 Å². The SMILES string of the molecule is Cc1ccc2c(c1)[nH]c(=S)n2CC(C)C1CC1. The summed E-state index contributed by atoms with van der Waals surface area (Å²) in [7, 11) is 0. The number of hydrogen-bond donors (Lipinski definition) is 1. The summed E-state index contributed by atoms with van der Waals surface area (Å²) in [5.41, 5.74) is 3.68. The maximum atomic E-state index is 5.43. The van der Waals surface area contributed by atoms with E-state index in [0.29, 0.717) is 0 Å². The largest absolute Gasteiger partial charge is 0.331 e. The number of rotatable bonds is 3. The van der Waals surface area contributed by atoms with Gasteiger partial charge in [-0.2, -0.15) is 0 Å². The molecule has 2 aromatic rings. The summed E-state index contributed by atoms with van der Waals surface area (Å²) in [5, 5.41) is 0. The molecule has 17 heavy (non-hydrogen) atoms. The number of aromatic nitrogens is 2. The fourth-order valence-corrected chi connectivity index (χ4v) is 2.84. The van der Waals surface area contributed by atoms with Crippen LogP contribution in [0.4, 0.5) is 0 Å². The van der Waals surface area contributed by atoms with Crippen molar-refractivity contribution >= 4 is 23.3 Å². The van der Waals surface area contributed by atoms with Gasteiger partial charge in [0.1, 0.15) is 0 Å². The summed E-state index contributed by atoms with van der Waals surface area (Å²) in [4.78, 5) is 3.31. The normalized spacial score (nSPS) is 17.5. The van der Waals surface area contributed by atoms with Crippen LogP contribution in [0.5, 0.6) is 0 Å². The van der Waals surface area contributed by atoms with Gasteiger partial charge in [0, 0.05) is 6.54 Å². The molecule has 1 aliphatic carbocycles. The van der Waals surface area contributed by atoms with Crippen molar-refractivity contribution in [2.45, 2.75) is 33.2 Å². The van der Waals surface area contributed by atoms with Crippen molar-refractivity contribution < 1.29 is 0 Å². The third-order valence-electron chi connectivity index (χ3n) is 3.83. The quantitative estimate of drug-likeness (QED) is 0.810. The number of nitrogens with zero attached hydrogens (tertiary/aromatic N) is 1. The van der Waals surface area contributed by atoms with Crippen LogP contribution in [-0.2, 0) is 6.54 Å². The second kappa shape index (κ2) is 3.98. The average molecular weight is 246 g/mol. The molecule has 1 saturated carbocycles. The third kappa shape index (κ3) is 2.04. The first-order valence-electron chi connectivity index (χ1n) is 6.34. The molecule has 0 radical (unpaired) electrons. The Kier molecular flexibility index (Phi) is 2.58. The first-order chi connectivity index (χ1) is 8.15. The van der Waals surface area contributed by atoms with E-state index in [-0.39, 0.29) is 0 Å². The van der Waals surface area contributed by atoms with E-state index in [0.717, 1.165) is 28.7 Å². The molecule has 1 aromatic carbocycles. The highest BCUT2D eigenvalue weighted by atomic mass is 32.1. The lowest BCUT2D eigenvalue weighted by Gasteiger charge is -2.11. The van der Waals surface area contributed by atoms with Gasteiger partial charge in [-0.15, -0.1) is 0 Å². The van der Waals surface area contributed by atoms with Crippen LogP contribution < -0.4 is 0 Å². The maximum absolute atomic E-state index is 5.43. The van der Waals surface area contributed by atoms with Gasteiger partial charge in [0.2, 0.25) is 0 Å². The molecule has 3 rings (SSSR count). The van der Waals surface area contributed by atoms with Gasteiger partial charge >= 0.3 is 0 Å². The highest BCUT2D eigenvalue weighted by molar-refractivity contribution is 7.71. The Morgan fingerprint density at radius 2 is 2.24 bits per heavy atom. The highest BCUT2D eigenvalue weighted by Gasteiger charge is 2.28. The molecule has 1 N–H and O–H groups in total. The van der Waals surface area contributed by atoms with Crippen LogP contribution in [0.2, 0.25) is 0 Å². The van der Waals surface area contributed by atoms with Gasteiger partial charge in [0.15, 0.2) is 4.77 Å². The molecule has 1 aliphatic rings. The number of hydrogen-bond acceptors (Lipinski definition) is 1. The maximum Gasteiger partial charge on any atom is 0.178 e. The molecule has 1 fully saturated rings. The smallest absolute Gasteiger partial charge is 0.178 e. The molecule has 0 bridgehead atoms. The predicted octanol–water partition coefficient (Wildman–Crippen LogP) is 4.05. The number of nitrogens with one attached hydrogen (secondary N) is 1. The number of fused-ring (bicyclic) bond motifs is 1. The van der Waals surface area contributed by atoms with Crippen LogP contribution in [0, 0.1) is 23.5 Å². The van der Waals surface area contributed by atoms with Crippen LogP contribution in [0.15, 0.2) is 18.2 Å². The van der Waals surface area contributed by atoms with E-state index in [2.05, 4.69) is 41.6 Å². The van der Waals surface area contributed by atoms with Crippen LogP contribution in [0.3, 0.4) is 0 Å². The summed E-state index contributed by atoms with van der Waals surface area (Å²) in [6.07, 6.45) is 2.80. The van der Waals surface area contributed by atoms with E-state index < -0.39 is 0 Å². The topological polar surface area (TPSA) is 20.7 Å². The molecule has 3 heteroatoms. The predicted molar refractivity (Wildman–Crippen MR) is 73.7 cm³/mol. The monoisotopic (exact) mass is 246 g/mol. The highest BCUT2D eigenvalue weighted by Crippen LogP contribution is 2.37. The van der Waals surface area contributed by atoms with Crippen LogP contribution in [0.1, 0.15) is 25.3 Å². The van der Waals surface area contributed by atoms with Gasteiger partial charge in [-0.25, -0.2) is 0 Å². The zero-order valence-corrected chi connectivity index (χ0v) is 11.2. The van der Waals surface area contributed by atoms with Crippen molar-refractivity contribution in [2.24, 2.45) is 11.8 Å². The van der Waals surface area contributed by atoms with E-state index in [4.69, 9.17) is 12.2 Å². The second-order valence-electron chi connectivity index (χ2n) is 5.38. The molecule has 0 amide bonds. The number of aryl methyl sites for hydroxylation is 1. The first kappa shape index (κ1) is 11.0. The van der Waals surface area contributed by atoms with Crippen LogP contribution >= 0.6 is 12.2 Å². The Morgan fingerprint density at radius 1 is 1.47 bits per heavy atom. The molecule has 0 saturated heterocycles. The van der Waals surface area contributed by atoms with Gasteiger partial charge < -0.3 is 9.55 Å². The minimum absolute atomic E-state index is 0.738. The summed E-state index contributed by atoms with van der Waals surface area (Å²) in [6, 6.07) is 6.50. The number of imidazole rings is 1. The minimum atomic E-state index is 0.738. The number of benzene rings is 1. The molecule has 0 spiro atoms. The van der Waals surface area contributed by atoms with Crippen molar-refractivity contribution in [1.82, 2.24) is 9.55 Å². The zero-order valence-electron chi connectivity index (χ0n) is 10.4. The summed E-state index contributed by atoms with van der Waals surface area (Å²) in [5.74, 6) is 1.66. The van der Waals surface area contributed by atoms with Crippen LogP contribution in [0.25, 0.3) is 11.0 Å². The Labute approximate surface area is 107 Å². The van der Waals surface area contributed by atoms with Crippen molar-refractivity contribution in [2.75, 3.05) is 0 Å². The number of H-pyrrole nitrogens is 1. The van der Waals surface area contributed by atoms with Gasteiger partial charge in [-0.1, -0.05) is 13.0 Å². The Hall–Kier alpha value is -1.09. The lowest BCUT2D eigenvalue weighted by Crippen LogP contribution is -2.09. The molecule has 1 aromatic heterocycles. The number of aromatic amines is 1. The van der Waals surface area contributed by atoms with Crippen molar-refractivity contribution in [3.05, 3.63) is 28.5 Å². The molecule has 0 aliphatic heterocycles. The summed E-state index contributed by atoms with van der Waals surface area (Å²) in [6.45, 7) is 5.50. The lowest BCUT2D eigenvalue weighted by atomic mass is 10.1. The third-order valence-corrected chi connectivity index (χ3v) is 4.15. The standard InChI is InChI=1S/C14H18N2S/c1-9-3-6-13-12(7-9)15-14(17)16(13)8-10(2)11-4-5-11/h3,6-7,10-11H,4-5,8H2,1-2H3,(H,15,17). The summed E-state index contributed by atoms with van der Waals surface area (Å²) < 4.78 is 3.12. The lowest BCUT2D eigenvalue weighted by molar-refractivity contribution is 0.434. The minimum Gasteiger partial charge on any atom is -0.331 e. The zero-order chi connectivity index (χ0) is 12.0. The molecule has 2 nitrogen and oxygen atoms in total. The van der Waals surface area contributed by atoms with Gasteiger partial charge in [0.25, 0.3) is 0 Å². The fourth-order valence-electron chi connectivity index (χ4n) is 2.56. The molecule has 1 atom stereocenters. The van der Waals surface area contributed by atoms with Gasteiger partial charge in [-0.05, 0) is 61.5 Å². The van der Waals surface area contributed by atoms with E-state index >= 15 is 0 Å². The average Bonchev–Trinajstić information content (AvgIpc) is 3.06. The molecule has 1 heterocycles. The van der Waals surface area contributed by atoms with E-state index in [1.54, 1.807) is 0 Å². The van der Waals surface area contributed by atoms with Crippen molar-refractivity contribution in [3.8, 4) is 0 Å².